The molecule has 11 aromatic carbocycles. The average molecular weight is 776 g/mol. The maximum atomic E-state index is 2.38. The third-order valence-electron chi connectivity index (χ3n) is 12.0. The second-order valence-electron chi connectivity index (χ2n) is 15.7. The number of hydrogen-bond acceptors (Lipinski definition) is 1. The fourth-order valence-electron chi connectivity index (χ4n) is 9.00. The summed E-state index contributed by atoms with van der Waals surface area (Å²) in [4.78, 5) is 2.38. The summed E-state index contributed by atoms with van der Waals surface area (Å²) < 4.78 is 0. The summed E-state index contributed by atoms with van der Waals surface area (Å²) in [6, 6.07) is 90.5. The first-order valence-electron chi connectivity index (χ1n) is 21.0. The van der Waals surface area contributed by atoms with E-state index in [4.69, 9.17) is 0 Å². The quantitative estimate of drug-likeness (QED) is 0.149. The van der Waals surface area contributed by atoms with Crippen molar-refractivity contribution in [2.75, 3.05) is 4.90 Å². The summed E-state index contributed by atoms with van der Waals surface area (Å²) in [5, 5.41) is 7.48. The van der Waals surface area contributed by atoms with Gasteiger partial charge in [0.1, 0.15) is 0 Å². The Labute approximate surface area is 357 Å². The summed E-state index contributed by atoms with van der Waals surface area (Å²) in [7, 11) is 0. The van der Waals surface area contributed by atoms with Crippen LogP contribution in [0.2, 0.25) is 0 Å². The third kappa shape index (κ3) is 6.93. The zero-order valence-electron chi connectivity index (χ0n) is 33.6. The largest absolute Gasteiger partial charge is 0.310 e. The first-order valence-corrected chi connectivity index (χ1v) is 21.0. The predicted molar refractivity (Wildman–Crippen MR) is 261 cm³/mol. The Morgan fingerprint density at radius 1 is 0.197 bits per heavy atom. The van der Waals surface area contributed by atoms with Gasteiger partial charge in [0.25, 0.3) is 0 Å². The average Bonchev–Trinajstić information content (AvgIpc) is 3.34. The Kier molecular flexibility index (Phi) is 9.26. The van der Waals surface area contributed by atoms with Crippen LogP contribution in [0.4, 0.5) is 17.1 Å². The Bertz CT molecular complexity index is 3340. The molecule has 0 N–H and O–H groups in total. The molecule has 0 saturated heterocycles. The van der Waals surface area contributed by atoms with Gasteiger partial charge in [0.05, 0.1) is 0 Å². The first-order chi connectivity index (χ1) is 30.2. The van der Waals surface area contributed by atoms with Crippen LogP contribution in [0, 0.1) is 0 Å². The van der Waals surface area contributed by atoms with Crippen molar-refractivity contribution < 1.29 is 0 Å². The van der Waals surface area contributed by atoms with Gasteiger partial charge in [-0.25, -0.2) is 0 Å². The molecule has 1 heteroatoms. The minimum Gasteiger partial charge on any atom is -0.310 e. The normalized spacial score (nSPS) is 11.3. The van der Waals surface area contributed by atoms with Gasteiger partial charge in [0, 0.05) is 17.1 Å². The van der Waals surface area contributed by atoms with Crippen LogP contribution in [-0.4, -0.2) is 0 Å². The molecule has 0 aromatic heterocycles. The second-order valence-corrected chi connectivity index (χ2v) is 15.7. The minimum absolute atomic E-state index is 1.09. The Morgan fingerprint density at radius 3 is 1.21 bits per heavy atom. The van der Waals surface area contributed by atoms with Crippen molar-refractivity contribution in [3.8, 4) is 55.6 Å². The highest BCUT2D eigenvalue weighted by molar-refractivity contribution is 6.06. The second kappa shape index (κ2) is 15.6. The lowest BCUT2D eigenvalue weighted by Gasteiger charge is -2.27. The molecule has 0 bridgehead atoms. The van der Waals surface area contributed by atoms with Gasteiger partial charge >= 0.3 is 0 Å². The molecule has 0 spiro atoms. The van der Waals surface area contributed by atoms with E-state index >= 15 is 0 Å². The molecule has 0 atom stereocenters. The number of nitrogens with zero attached hydrogens (tertiary/aromatic N) is 1. The monoisotopic (exact) mass is 775 g/mol. The van der Waals surface area contributed by atoms with Crippen molar-refractivity contribution in [3.05, 3.63) is 249 Å². The lowest BCUT2D eigenvalue weighted by molar-refractivity contribution is 1.28. The summed E-state index contributed by atoms with van der Waals surface area (Å²) in [6.07, 6.45) is 0. The van der Waals surface area contributed by atoms with E-state index in [0.717, 1.165) is 17.1 Å². The standard InChI is InChI=1S/C60H41N/c1-2-15-44(16-3-1)58-25-11-19-47-20-12-26-59(60(47)58)46-33-37-54(38-34-46)61(55-22-10-21-50(41-55)51-29-27-42-13-4-6-17-48(42)39-51)53-35-31-45(32-36-53)56-23-8-9-24-57(56)52-30-28-43-14-5-7-18-49(43)40-52/h1-41H. The van der Waals surface area contributed by atoms with E-state index in [1.54, 1.807) is 0 Å². The summed E-state index contributed by atoms with van der Waals surface area (Å²) in [5.41, 5.74) is 15.3. The highest BCUT2D eigenvalue weighted by Gasteiger charge is 2.17. The number of fused-ring (bicyclic) bond motifs is 3. The molecule has 0 fully saturated rings. The zero-order valence-corrected chi connectivity index (χ0v) is 33.6. The van der Waals surface area contributed by atoms with E-state index in [9.17, 15) is 0 Å². The Balaban J connectivity index is 1.01. The van der Waals surface area contributed by atoms with Gasteiger partial charge in [-0.3, -0.25) is 0 Å². The molecule has 1 nitrogen and oxygen atoms in total. The summed E-state index contributed by atoms with van der Waals surface area (Å²) in [6.45, 7) is 0. The molecule has 0 aliphatic carbocycles. The van der Waals surface area contributed by atoms with Crippen molar-refractivity contribution in [2.45, 2.75) is 0 Å². The highest BCUT2D eigenvalue weighted by Crippen LogP contribution is 2.42. The van der Waals surface area contributed by atoms with Crippen LogP contribution in [0.15, 0.2) is 249 Å². The van der Waals surface area contributed by atoms with Crippen LogP contribution in [0.25, 0.3) is 88.0 Å². The fraction of sp³-hybridized carbons (Fsp3) is 0. The number of anilines is 3. The molecule has 0 radical (unpaired) electrons. The lowest BCUT2D eigenvalue weighted by Crippen LogP contribution is -2.10. The minimum atomic E-state index is 1.09. The SMILES string of the molecule is c1ccc(-c2cccc3cccc(-c4ccc(N(c5ccc(-c6ccccc6-c6ccc7ccccc7c6)cc5)c5cccc(-c6ccc7ccccc7c6)c5)cc4)c23)cc1. The molecule has 0 aliphatic heterocycles. The van der Waals surface area contributed by atoms with Gasteiger partial charge in [-0.1, -0.05) is 200 Å². The lowest BCUT2D eigenvalue weighted by atomic mass is 9.91. The first kappa shape index (κ1) is 36.1. The molecule has 11 aromatic rings. The highest BCUT2D eigenvalue weighted by atomic mass is 15.1. The fourth-order valence-corrected chi connectivity index (χ4v) is 9.00. The van der Waals surface area contributed by atoms with Crippen LogP contribution in [0.1, 0.15) is 0 Å². The maximum absolute atomic E-state index is 2.38. The maximum Gasteiger partial charge on any atom is 0.0467 e. The molecule has 0 amide bonds. The van der Waals surface area contributed by atoms with Crippen molar-refractivity contribution >= 4 is 49.4 Å². The number of benzene rings is 11. The van der Waals surface area contributed by atoms with Crippen LogP contribution in [-0.2, 0) is 0 Å². The molecule has 286 valence electrons. The predicted octanol–water partition coefficient (Wildman–Crippen LogP) is 17.0. The third-order valence-corrected chi connectivity index (χ3v) is 12.0. The van der Waals surface area contributed by atoms with Crippen molar-refractivity contribution in [2.24, 2.45) is 0 Å². The van der Waals surface area contributed by atoms with E-state index in [0.29, 0.717) is 0 Å². The van der Waals surface area contributed by atoms with E-state index in [1.807, 2.05) is 0 Å². The van der Waals surface area contributed by atoms with Crippen LogP contribution in [0.5, 0.6) is 0 Å². The van der Waals surface area contributed by atoms with Gasteiger partial charge in [-0.05, 0) is 136 Å². The molecule has 61 heavy (non-hydrogen) atoms. The Morgan fingerprint density at radius 2 is 0.590 bits per heavy atom. The summed E-state index contributed by atoms with van der Waals surface area (Å²) >= 11 is 0. The molecule has 0 unspecified atom stereocenters. The van der Waals surface area contributed by atoms with Crippen molar-refractivity contribution in [3.63, 3.8) is 0 Å². The van der Waals surface area contributed by atoms with Crippen molar-refractivity contribution in [1.29, 1.82) is 0 Å². The smallest absolute Gasteiger partial charge is 0.0467 e. The number of rotatable bonds is 8. The van der Waals surface area contributed by atoms with Gasteiger partial charge in [0.2, 0.25) is 0 Å². The molecule has 0 heterocycles. The van der Waals surface area contributed by atoms with Crippen LogP contribution in [0.3, 0.4) is 0 Å². The van der Waals surface area contributed by atoms with Gasteiger partial charge in [0.15, 0.2) is 0 Å². The number of hydrogen-bond donors (Lipinski definition) is 0. The molecular formula is C60H41N. The van der Waals surface area contributed by atoms with Gasteiger partial charge < -0.3 is 4.90 Å². The van der Waals surface area contributed by atoms with E-state index in [-0.39, 0.29) is 0 Å². The summed E-state index contributed by atoms with van der Waals surface area (Å²) in [5.74, 6) is 0. The molecular weight excluding hydrogens is 735 g/mol. The van der Waals surface area contributed by atoms with Crippen LogP contribution >= 0.6 is 0 Å². The van der Waals surface area contributed by atoms with Crippen molar-refractivity contribution in [1.82, 2.24) is 0 Å². The van der Waals surface area contributed by atoms with E-state index < -0.39 is 0 Å². The molecule has 11 rings (SSSR count). The Hall–Kier alpha value is -8.00. The van der Waals surface area contributed by atoms with E-state index in [2.05, 4.69) is 254 Å². The molecule has 0 saturated carbocycles. The molecule has 0 aliphatic rings. The van der Waals surface area contributed by atoms with Gasteiger partial charge in [-0.2, -0.15) is 0 Å². The zero-order chi connectivity index (χ0) is 40.5. The van der Waals surface area contributed by atoms with Crippen LogP contribution < -0.4 is 4.90 Å². The topological polar surface area (TPSA) is 3.24 Å². The van der Waals surface area contributed by atoms with E-state index in [1.165, 1.54) is 88.0 Å². The van der Waals surface area contributed by atoms with Gasteiger partial charge in [-0.15, -0.1) is 0 Å².